The van der Waals surface area contributed by atoms with Crippen molar-refractivity contribution in [2.24, 2.45) is 5.92 Å². The maximum absolute atomic E-state index is 10.9. The maximum atomic E-state index is 10.9. The molecule has 6 nitrogen and oxygen atoms in total. The Labute approximate surface area is 121 Å². The van der Waals surface area contributed by atoms with E-state index in [4.69, 9.17) is 9.47 Å². The number of β-amino-alcohol motifs (C(OH)–C–C–N with tert-alkyl or cyclic N) is 1. The Hall–Kier alpha value is -0.690. The van der Waals surface area contributed by atoms with Crippen molar-refractivity contribution in [2.75, 3.05) is 53.1 Å². The standard InChI is InChI=1S/C14H28N2O4/c1-12(17)15-9-13-3-5-16(6-4-13)10-14(18)11-20-8-7-19-2/h13-14,18H,3-11H2,1-2H3,(H,15,17). The molecule has 0 aromatic heterocycles. The van der Waals surface area contributed by atoms with E-state index in [1.165, 1.54) is 0 Å². The van der Waals surface area contributed by atoms with E-state index in [0.29, 0.717) is 32.3 Å². The van der Waals surface area contributed by atoms with Crippen molar-refractivity contribution in [3.63, 3.8) is 0 Å². The number of aliphatic hydroxyl groups is 1. The first kappa shape index (κ1) is 17.4. The Bertz CT molecular complexity index is 268. The summed E-state index contributed by atoms with van der Waals surface area (Å²) in [5.41, 5.74) is 0. The van der Waals surface area contributed by atoms with Crippen molar-refractivity contribution >= 4 is 5.91 Å². The molecule has 0 saturated carbocycles. The molecule has 1 unspecified atom stereocenters. The fraction of sp³-hybridized carbons (Fsp3) is 0.929. The molecule has 0 aromatic carbocycles. The lowest BCUT2D eigenvalue weighted by Gasteiger charge is -2.33. The molecular formula is C14H28N2O4. The molecule has 1 heterocycles. The van der Waals surface area contributed by atoms with E-state index in [1.807, 2.05) is 0 Å². The summed E-state index contributed by atoms with van der Waals surface area (Å²) >= 11 is 0. The Morgan fingerprint density at radius 1 is 1.40 bits per heavy atom. The summed E-state index contributed by atoms with van der Waals surface area (Å²) in [5.74, 6) is 0.598. The number of hydrogen-bond donors (Lipinski definition) is 2. The van der Waals surface area contributed by atoms with Gasteiger partial charge in [0.25, 0.3) is 0 Å². The summed E-state index contributed by atoms with van der Waals surface area (Å²) in [6.07, 6.45) is 1.69. The first-order valence-corrected chi connectivity index (χ1v) is 7.33. The minimum Gasteiger partial charge on any atom is -0.389 e. The molecule has 2 N–H and O–H groups in total. The van der Waals surface area contributed by atoms with Crippen molar-refractivity contribution in [1.82, 2.24) is 10.2 Å². The molecule has 1 saturated heterocycles. The summed E-state index contributed by atoms with van der Waals surface area (Å²) in [6.45, 7) is 6.35. The van der Waals surface area contributed by atoms with Crippen LogP contribution in [0.5, 0.6) is 0 Å². The van der Waals surface area contributed by atoms with Crippen molar-refractivity contribution in [1.29, 1.82) is 0 Å². The zero-order valence-electron chi connectivity index (χ0n) is 12.6. The number of carbonyl (C=O) groups excluding carboxylic acids is 1. The number of rotatable bonds is 9. The number of aliphatic hydroxyl groups excluding tert-OH is 1. The van der Waals surface area contributed by atoms with E-state index < -0.39 is 6.10 Å². The number of amides is 1. The first-order valence-electron chi connectivity index (χ1n) is 7.33. The van der Waals surface area contributed by atoms with Gasteiger partial charge in [0.15, 0.2) is 0 Å². The van der Waals surface area contributed by atoms with Crippen molar-refractivity contribution < 1.29 is 19.4 Å². The van der Waals surface area contributed by atoms with Gasteiger partial charge >= 0.3 is 0 Å². The fourth-order valence-electron chi connectivity index (χ4n) is 2.37. The Morgan fingerprint density at radius 2 is 2.10 bits per heavy atom. The Kier molecular flexibility index (Phi) is 8.77. The first-order chi connectivity index (χ1) is 9.61. The third kappa shape index (κ3) is 7.79. The van der Waals surface area contributed by atoms with Crippen LogP contribution in [0.3, 0.4) is 0 Å². The van der Waals surface area contributed by atoms with Crippen LogP contribution in [-0.4, -0.2) is 75.1 Å². The number of hydrogen-bond acceptors (Lipinski definition) is 5. The predicted molar refractivity (Wildman–Crippen MR) is 76.5 cm³/mol. The highest BCUT2D eigenvalue weighted by atomic mass is 16.5. The van der Waals surface area contributed by atoms with Crippen LogP contribution < -0.4 is 5.32 Å². The van der Waals surface area contributed by atoms with Crippen LogP contribution in [-0.2, 0) is 14.3 Å². The molecule has 6 heteroatoms. The lowest BCUT2D eigenvalue weighted by Crippen LogP contribution is -2.42. The van der Waals surface area contributed by atoms with E-state index in [-0.39, 0.29) is 5.91 Å². The number of methoxy groups -OCH3 is 1. The largest absolute Gasteiger partial charge is 0.389 e. The molecular weight excluding hydrogens is 260 g/mol. The highest BCUT2D eigenvalue weighted by Crippen LogP contribution is 2.16. The molecule has 0 aromatic rings. The fourth-order valence-corrected chi connectivity index (χ4v) is 2.37. The Balaban J connectivity index is 2.07. The smallest absolute Gasteiger partial charge is 0.216 e. The number of carbonyl (C=O) groups is 1. The molecule has 118 valence electrons. The van der Waals surface area contributed by atoms with E-state index >= 15 is 0 Å². The molecule has 0 bridgehead atoms. The van der Waals surface area contributed by atoms with Crippen LogP contribution in [0.1, 0.15) is 19.8 Å². The van der Waals surface area contributed by atoms with Gasteiger partial charge in [0.2, 0.25) is 5.91 Å². The van der Waals surface area contributed by atoms with Crippen LogP contribution >= 0.6 is 0 Å². The van der Waals surface area contributed by atoms with Crippen LogP contribution in [0, 0.1) is 5.92 Å². The maximum Gasteiger partial charge on any atom is 0.216 e. The molecule has 0 radical (unpaired) electrons. The third-order valence-corrected chi connectivity index (χ3v) is 3.56. The van der Waals surface area contributed by atoms with E-state index in [0.717, 1.165) is 32.5 Å². The topological polar surface area (TPSA) is 71.0 Å². The summed E-state index contributed by atoms with van der Waals surface area (Å²) < 4.78 is 10.2. The van der Waals surface area contributed by atoms with Gasteiger partial charge in [-0.1, -0.05) is 0 Å². The van der Waals surface area contributed by atoms with Gasteiger partial charge in [-0.3, -0.25) is 4.79 Å². The van der Waals surface area contributed by atoms with Gasteiger partial charge < -0.3 is 24.8 Å². The highest BCUT2D eigenvalue weighted by Gasteiger charge is 2.21. The van der Waals surface area contributed by atoms with Crippen molar-refractivity contribution in [2.45, 2.75) is 25.9 Å². The second kappa shape index (κ2) is 10.1. The minimum atomic E-state index is -0.446. The van der Waals surface area contributed by atoms with Crippen molar-refractivity contribution in [3.8, 4) is 0 Å². The van der Waals surface area contributed by atoms with Gasteiger partial charge in [-0.15, -0.1) is 0 Å². The summed E-state index contributed by atoms with van der Waals surface area (Å²) in [7, 11) is 1.63. The number of ether oxygens (including phenoxy) is 2. The second-order valence-corrected chi connectivity index (χ2v) is 5.40. The average molecular weight is 288 g/mol. The normalized spacial score (nSPS) is 18.9. The van der Waals surface area contributed by atoms with Gasteiger partial charge in [0.05, 0.1) is 25.9 Å². The quantitative estimate of drug-likeness (QED) is 0.578. The molecule has 0 spiro atoms. The van der Waals surface area contributed by atoms with Crippen LogP contribution in [0.2, 0.25) is 0 Å². The zero-order valence-corrected chi connectivity index (χ0v) is 12.6. The second-order valence-electron chi connectivity index (χ2n) is 5.40. The SMILES string of the molecule is COCCOCC(O)CN1CCC(CNC(C)=O)CC1. The predicted octanol–water partition coefficient (Wildman–Crippen LogP) is -0.142. The third-order valence-electron chi connectivity index (χ3n) is 3.56. The van der Waals surface area contributed by atoms with Gasteiger partial charge in [0.1, 0.15) is 0 Å². The Morgan fingerprint density at radius 3 is 2.70 bits per heavy atom. The number of likely N-dealkylation sites (tertiary alicyclic amines) is 1. The zero-order chi connectivity index (χ0) is 14.8. The number of nitrogens with one attached hydrogen (secondary N) is 1. The lowest BCUT2D eigenvalue weighted by atomic mass is 9.96. The molecule has 1 rings (SSSR count). The van der Waals surface area contributed by atoms with Crippen LogP contribution in [0.15, 0.2) is 0 Å². The van der Waals surface area contributed by atoms with Gasteiger partial charge in [-0.25, -0.2) is 0 Å². The molecule has 1 aliphatic rings. The average Bonchev–Trinajstić information content (AvgIpc) is 2.43. The van der Waals surface area contributed by atoms with Gasteiger partial charge in [0, 0.05) is 27.1 Å². The molecule has 1 amide bonds. The molecule has 0 aliphatic carbocycles. The molecule has 1 aliphatic heterocycles. The van der Waals surface area contributed by atoms with Crippen molar-refractivity contribution in [3.05, 3.63) is 0 Å². The number of piperidine rings is 1. The number of nitrogens with zero attached hydrogens (tertiary/aromatic N) is 1. The van der Waals surface area contributed by atoms with Gasteiger partial charge in [-0.05, 0) is 31.8 Å². The molecule has 20 heavy (non-hydrogen) atoms. The van der Waals surface area contributed by atoms with E-state index in [2.05, 4.69) is 10.2 Å². The van der Waals surface area contributed by atoms with Crippen LogP contribution in [0.25, 0.3) is 0 Å². The van der Waals surface area contributed by atoms with Gasteiger partial charge in [-0.2, -0.15) is 0 Å². The van der Waals surface area contributed by atoms with E-state index in [1.54, 1.807) is 14.0 Å². The summed E-state index contributed by atoms with van der Waals surface area (Å²) in [6, 6.07) is 0. The summed E-state index contributed by atoms with van der Waals surface area (Å²) in [5, 5.41) is 12.8. The molecule has 1 fully saturated rings. The molecule has 1 atom stereocenters. The summed E-state index contributed by atoms with van der Waals surface area (Å²) in [4.78, 5) is 13.1. The monoisotopic (exact) mass is 288 g/mol. The minimum absolute atomic E-state index is 0.0380. The lowest BCUT2D eigenvalue weighted by molar-refractivity contribution is -0.119. The van der Waals surface area contributed by atoms with Crippen LogP contribution in [0.4, 0.5) is 0 Å². The highest BCUT2D eigenvalue weighted by molar-refractivity contribution is 5.72. The van der Waals surface area contributed by atoms with E-state index in [9.17, 15) is 9.90 Å².